The van der Waals surface area contributed by atoms with Gasteiger partial charge in [-0.05, 0) is 36.5 Å². The molecule has 1 aromatic rings. The van der Waals surface area contributed by atoms with Gasteiger partial charge >= 0.3 is 0 Å². The van der Waals surface area contributed by atoms with Crippen molar-refractivity contribution in [2.24, 2.45) is 5.92 Å². The zero-order valence-electron chi connectivity index (χ0n) is 10.6. The third-order valence-electron chi connectivity index (χ3n) is 4.17. The number of hydrogen-bond acceptors (Lipinski definition) is 1. The fraction of sp³-hybridized carbons (Fsp3) is 0.600. The topological polar surface area (TPSA) is 20.2 Å². The van der Waals surface area contributed by atoms with Gasteiger partial charge in [0.25, 0.3) is 0 Å². The van der Waals surface area contributed by atoms with Crippen LogP contribution in [-0.4, -0.2) is 11.2 Å². The normalized spacial score (nSPS) is 19.5. The Labute approximate surface area is 103 Å². The van der Waals surface area contributed by atoms with E-state index >= 15 is 0 Å². The Hall–Kier alpha value is -0.890. The van der Waals surface area contributed by atoms with Crippen molar-refractivity contribution in [3.63, 3.8) is 0 Å². The van der Waals surface area contributed by atoms with E-state index in [4.69, 9.17) is 0 Å². The first-order chi connectivity index (χ1) is 8.01. The molecule has 0 bridgehead atoms. The maximum absolute atomic E-state index is 12.9. The van der Waals surface area contributed by atoms with E-state index in [1.165, 1.54) is 25.0 Å². The number of rotatable bonds is 3. The summed E-state index contributed by atoms with van der Waals surface area (Å²) in [6, 6.07) is 6.51. The molecule has 2 heteroatoms. The summed E-state index contributed by atoms with van der Waals surface area (Å²) in [7, 11) is 0. The maximum atomic E-state index is 12.9. The number of hydrogen-bond donors (Lipinski definition) is 1. The van der Waals surface area contributed by atoms with Gasteiger partial charge in [-0.25, -0.2) is 4.39 Å². The number of aliphatic hydroxyl groups is 1. The van der Waals surface area contributed by atoms with Crippen LogP contribution in [0.3, 0.4) is 0 Å². The molecule has 0 spiro atoms. The first-order valence-corrected chi connectivity index (χ1v) is 6.46. The minimum Gasteiger partial charge on any atom is -0.392 e. The highest BCUT2D eigenvalue weighted by atomic mass is 19.1. The number of aliphatic hydroxyl groups excluding tert-OH is 1. The van der Waals surface area contributed by atoms with Gasteiger partial charge in [0.05, 0.1) is 6.10 Å². The molecule has 0 saturated heterocycles. The van der Waals surface area contributed by atoms with Gasteiger partial charge in [-0.3, -0.25) is 0 Å². The molecule has 1 aromatic carbocycles. The average Bonchev–Trinajstić information content (AvgIpc) is 2.82. The monoisotopic (exact) mass is 236 g/mol. The third-order valence-corrected chi connectivity index (χ3v) is 4.17. The lowest BCUT2D eigenvalue weighted by Crippen LogP contribution is -2.38. The zero-order chi connectivity index (χ0) is 12.5. The van der Waals surface area contributed by atoms with Gasteiger partial charge in [0, 0.05) is 5.41 Å². The van der Waals surface area contributed by atoms with Gasteiger partial charge in [-0.2, -0.15) is 0 Å². The minimum atomic E-state index is -0.338. The van der Waals surface area contributed by atoms with Crippen molar-refractivity contribution < 1.29 is 9.50 Å². The molecular weight excluding hydrogens is 215 g/mol. The predicted molar refractivity (Wildman–Crippen MR) is 67.4 cm³/mol. The second-order valence-corrected chi connectivity index (χ2v) is 5.72. The molecule has 1 fully saturated rings. The van der Waals surface area contributed by atoms with Crippen molar-refractivity contribution in [3.8, 4) is 0 Å². The van der Waals surface area contributed by atoms with Crippen molar-refractivity contribution >= 4 is 0 Å². The second kappa shape index (κ2) is 4.77. The van der Waals surface area contributed by atoms with Crippen LogP contribution in [0.2, 0.25) is 0 Å². The van der Waals surface area contributed by atoms with Gasteiger partial charge in [0.15, 0.2) is 0 Å². The Morgan fingerprint density at radius 2 is 1.71 bits per heavy atom. The van der Waals surface area contributed by atoms with Crippen LogP contribution in [0.25, 0.3) is 0 Å². The molecule has 1 saturated carbocycles. The molecule has 94 valence electrons. The molecule has 0 heterocycles. The summed E-state index contributed by atoms with van der Waals surface area (Å²) in [5.41, 5.74) is 0.709. The van der Waals surface area contributed by atoms with Gasteiger partial charge < -0.3 is 5.11 Å². The van der Waals surface area contributed by atoms with E-state index in [9.17, 15) is 9.50 Å². The highest BCUT2D eigenvalue weighted by Crippen LogP contribution is 2.38. The van der Waals surface area contributed by atoms with Crippen LogP contribution in [0, 0.1) is 11.7 Å². The Morgan fingerprint density at radius 1 is 1.18 bits per heavy atom. The summed E-state index contributed by atoms with van der Waals surface area (Å²) >= 11 is 0. The largest absolute Gasteiger partial charge is 0.392 e. The van der Waals surface area contributed by atoms with E-state index < -0.39 is 0 Å². The summed E-state index contributed by atoms with van der Waals surface area (Å²) in [5, 5.41) is 10.5. The standard InChI is InChI=1S/C15H21FO/c1-15(2,12-7-9-13(16)10-8-12)14(17)11-5-3-4-6-11/h7-11,14,17H,3-6H2,1-2H3. The van der Waals surface area contributed by atoms with Crippen LogP contribution in [-0.2, 0) is 5.41 Å². The van der Waals surface area contributed by atoms with Gasteiger partial charge in [0.2, 0.25) is 0 Å². The molecule has 0 amide bonds. The van der Waals surface area contributed by atoms with Gasteiger partial charge in [0.1, 0.15) is 5.82 Å². The Kier molecular flexibility index (Phi) is 3.53. The lowest BCUT2D eigenvalue weighted by molar-refractivity contribution is 0.0456. The summed E-state index contributed by atoms with van der Waals surface area (Å²) < 4.78 is 12.9. The van der Waals surface area contributed by atoms with Crippen molar-refractivity contribution in [1.29, 1.82) is 0 Å². The van der Waals surface area contributed by atoms with Crippen molar-refractivity contribution in [2.45, 2.75) is 51.0 Å². The number of halogens is 1. The predicted octanol–water partition coefficient (Wildman–Crippen LogP) is 3.65. The quantitative estimate of drug-likeness (QED) is 0.849. The SMILES string of the molecule is CC(C)(c1ccc(F)cc1)C(O)C1CCCC1. The van der Waals surface area contributed by atoms with E-state index in [0.29, 0.717) is 5.92 Å². The van der Waals surface area contributed by atoms with Crippen LogP contribution < -0.4 is 0 Å². The molecule has 0 radical (unpaired) electrons. The Morgan fingerprint density at radius 3 is 2.24 bits per heavy atom. The lowest BCUT2D eigenvalue weighted by Gasteiger charge is -2.35. The molecule has 1 N–H and O–H groups in total. The summed E-state index contributed by atoms with van der Waals surface area (Å²) in [6.45, 7) is 4.09. The summed E-state index contributed by atoms with van der Waals surface area (Å²) in [5.74, 6) is 0.176. The molecule has 1 atom stereocenters. The maximum Gasteiger partial charge on any atom is 0.123 e. The number of benzene rings is 1. The first-order valence-electron chi connectivity index (χ1n) is 6.46. The van der Waals surface area contributed by atoms with Gasteiger partial charge in [-0.15, -0.1) is 0 Å². The molecule has 2 rings (SSSR count). The molecule has 0 aliphatic heterocycles. The lowest BCUT2D eigenvalue weighted by atomic mass is 9.74. The zero-order valence-corrected chi connectivity index (χ0v) is 10.6. The Bertz CT molecular complexity index is 363. The molecule has 17 heavy (non-hydrogen) atoms. The fourth-order valence-corrected chi connectivity index (χ4v) is 2.91. The smallest absolute Gasteiger partial charge is 0.123 e. The van der Waals surface area contributed by atoms with Crippen LogP contribution in [0.4, 0.5) is 4.39 Å². The molecule has 0 aromatic heterocycles. The van der Waals surface area contributed by atoms with Crippen LogP contribution in [0.1, 0.15) is 45.1 Å². The Balaban J connectivity index is 2.19. The summed E-state index contributed by atoms with van der Waals surface area (Å²) in [4.78, 5) is 0. The van der Waals surface area contributed by atoms with Crippen LogP contribution in [0.15, 0.2) is 24.3 Å². The summed E-state index contributed by atoms with van der Waals surface area (Å²) in [6.07, 6.45) is 4.34. The second-order valence-electron chi connectivity index (χ2n) is 5.72. The van der Waals surface area contributed by atoms with Crippen molar-refractivity contribution in [3.05, 3.63) is 35.6 Å². The third kappa shape index (κ3) is 2.52. The highest BCUT2D eigenvalue weighted by molar-refractivity contribution is 5.26. The fourth-order valence-electron chi connectivity index (χ4n) is 2.91. The molecule has 1 unspecified atom stereocenters. The van der Waals surface area contributed by atoms with Crippen molar-refractivity contribution in [1.82, 2.24) is 0 Å². The van der Waals surface area contributed by atoms with E-state index in [1.54, 1.807) is 12.1 Å². The first kappa shape index (κ1) is 12.6. The minimum absolute atomic E-state index is 0.222. The van der Waals surface area contributed by atoms with Crippen LogP contribution >= 0.6 is 0 Å². The van der Waals surface area contributed by atoms with Crippen LogP contribution in [0.5, 0.6) is 0 Å². The van der Waals surface area contributed by atoms with E-state index in [0.717, 1.165) is 18.4 Å². The molecule has 1 aliphatic carbocycles. The van der Waals surface area contributed by atoms with E-state index in [-0.39, 0.29) is 17.3 Å². The van der Waals surface area contributed by atoms with E-state index in [1.807, 2.05) is 13.8 Å². The van der Waals surface area contributed by atoms with Crippen molar-refractivity contribution in [2.75, 3.05) is 0 Å². The van der Waals surface area contributed by atoms with Gasteiger partial charge in [-0.1, -0.05) is 38.8 Å². The molecular formula is C15H21FO. The highest BCUT2D eigenvalue weighted by Gasteiger charge is 2.36. The average molecular weight is 236 g/mol. The van der Waals surface area contributed by atoms with E-state index in [2.05, 4.69) is 0 Å². The molecule has 1 nitrogen and oxygen atoms in total. The molecule has 1 aliphatic rings.